The average Bonchev–Trinajstić information content (AvgIpc) is 2.99. The SMILES string of the molecule is CC.O=C(OCCSI)c1cc2c(cc1Br)OCCc1ccsc1-2. The molecule has 0 saturated heterocycles. The quantitative estimate of drug-likeness (QED) is 0.256. The third-order valence-electron chi connectivity index (χ3n) is 3.30. The van der Waals surface area contributed by atoms with Crippen LogP contribution in [-0.4, -0.2) is 24.9 Å². The monoisotopic (exact) mass is 540 g/mol. The molecule has 1 aromatic heterocycles. The molecule has 0 amide bonds. The highest BCUT2D eigenvalue weighted by Gasteiger charge is 2.21. The van der Waals surface area contributed by atoms with Crippen LogP contribution < -0.4 is 4.74 Å². The molecule has 0 saturated carbocycles. The zero-order valence-electron chi connectivity index (χ0n) is 13.4. The molecule has 0 aliphatic carbocycles. The van der Waals surface area contributed by atoms with Crippen molar-refractivity contribution in [1.82, 2.24) is 0 Å². The molecule has 0 bridgehead atoms. The Labute approximate surface area is 171 Å². The van der Waals surface area contributed by atoms with E-state index in [1.807, 2.05) is 26.0 Å². The van der Waals surface area contributed by atoms with Gasteiger partial charge in [-0.2, -0.15) is 0 Å². The second-order valence-electron chi connectivity index (χ2n) is 4.65. The van der Waals surface area contributed by atoms with Crippen LogP contribution in [0.2, 0.25) is 0 Å². The zero-order valence-corrected chi connectivity index (χ0v) is 18.8. The minimum atomic E-state index is -0.303. The Morgan fingerprint density at radius 3 is 3.00 bits per heavy atom. The van der Waals surface area contributed by atoms with E-state index >= 15 is 0 Å². The Hall–Kier alpha value is -0.250. The molecule has 3 nitrogen and oxygen atoms in total. The van der Waals surface area contributed by atoms with Crippen molar-refractivity contribution < 1.29 is 14.3 Å². The number of ether oxygens (including phenoxy) is 2. The third kappa shape index (κ3) is 4.68. The van der Waals surface area contributed by atoms with E-state index in [2.05, 4.69) is 48.6 Å². The fourth-order valence-electron chi connectivity index (χ4n) is 2.29. The number of thiophene rings is 1. The molecule has 1 aliphatic rings. The molecule has 1 aliphatic heterocycles. The summed E-state index contributed by atoms with van der Waals surface area (Å²) in [7, 11) is 1.62. The number of esters is 1. The Bertz CT molecular complexity index is 703. The number of fused-ring (bicyclic) bond motifs is 3. The molecule has 3 rings (SSSR count). The molecule has 0 radical (unpaired) electrons. The van der Waals surface area contributed by atoms with E-state index < -0.39 is 0 Å². The van der Waals surface area contributed by atoms with Crippen LogP contribution in [0.1, 0.15) is 29.8 Å². The van der Waals surface area contributed by atoms with Crippen molar-refractivity contribution >= 4 is 63.4 Å². The van der Waals surface area contributed by atoms with Crippen LogP contribution in [0.3, 0.4) is 0 Å². The van der Waals surface area contributed by atoms with Gasteiger partial charge < -0.3 is 9.47 Å². The van der Waals surface area contributed by atoms with Crippen molar-refractivity contribution in [3.63, 3.8) is 0 Å². The van der Waals surface area contributed by atoms with E-state index in [1.165, 1.54) is 10.4 Å². The van der Waals surface area contributed by atoms with Gasteiger partial charge in [-0.15, -0.1) is 11.3 Å². The molecule has 0 fully saturated rings. The molecule has 2 heterocycles. The minimum Gasteiger partial charge on any atom is -0.493 e. The largest absolute Gasteiger partial charge is 0.493 e. The molecule has 1 aromatic carbocycles. The van der Waals surface area contributed by atoms with E-state index in [9.17, 15) is 4.79 Å². The summed E-state index contributed by atoms with van der Waals surface area (Å²) in [6.45, 7) is 5.07. The van der Waals surface area contributed by atoms with Crippen molar-refractivity contribution in [3.8, 4) is 16.2 Å². The van der Waals surface area contributed by atoms with Gasteiger partial charge in [0.2, 0.25) is 0 Å². The molecule has 0 atom stereocenters. The van der Waals surface area contributed by atoms with Crippen molar-refractivity contribution in [2.45, 2.75) is 20.3 Å². The predicted octanol–water partition coefficient (Wildman–Crippen LogP) is 6.38. The van der Waals surface area contributed by atoms with Crippen LogP contribution in [0.4, 0.5) is 0 Å². The van der Waals surface area contributed by atoms with Crippen LogP contribution in [0.25, 0.3) is 10.4 Å². The summed E-state index contributed by atoms with van der Waals surface area (Å²) in [5.41, 5.74) is 2.79. The van der Waals surface area contributed by atoms with Crippen LogP contribution in [0.15, 0.2) is 28.1 Å². The minimum absolute atomic E-state index is 0.303. The lowest BCUT2D eigenvalue weighted by Gasteiger charge is -2.11. The third-order valence-corrected chi connectivity index (χ3v) is 6.59. The van der Waals surface area contributed by atoms with E-state index in [0.717, 1.165) is 23.5 Å². The summed E-state index contributed by atoms with van der Waals surface area (Å²) in [6.07, 6.45) is 0.887. The average molecular weight is 541 g/mol. The Morgan fingerprint density at radius 1 is 1.46 bits per heavy atom. The van der Waals surface area contributed by atoms with E-state index in [4.69, 9.17) is 9.47 Å². The molecular weight excluding hydrogens is 523 g/mol. The molecule has 0 spiro atoms. The van der Waals surface area contributed by atoms with Gasteiger partial charge in [-0.25, -0.2) is 4.79 Å². The van der Waals surface area contributed by atoms with Gasteiger partial charge in [0.05, 0.1) is 12.2 Å². The maximum atomic E-state index is 12.3. The number of benzene rings is 1. The lowest BCUT2D eigenvalue weighted by Crippen LogP contribution is -2.09. The van der Waals surface area contributed by atoms with Gasteiger partial charge >= 0.3 is 5.97 Å². The van der Waals surface area contributed by atoms with Crippen molar-refractivity contribution in [2.75, 3.05) is 19.0 Å². The van der Waals surface area contributed by atoms with E-state index in [-0.39, 0.29) is 5.97 Å². The van der Waals surface area contributed by atoms with Crippen LogP contribution in [0.5, 0.6) is 5.75 Å². The Balaban J connectivity index is 0.00000100. The highest BCUT2D eigenvalue weighted by molar-refractivity contribution is 14.2. The summed E-state index contributed by atoms with van der Waals surface area (Å²) < 4.78 is 11.8. The lowest BCUT2D eigenvalue weighted by molar-refractivity contribution is 0.0529. The molecule has 130 valence electrons. The highest BCUT2D eigenvalue weighted by atomic mass is 127. The fraction of sp³-hybridized carbons (Fsp3) is 0.353. The predicted molar refractivity (Wildman–Crippen MR) is 115 cm³/mol. The first-order valence-electron chi connectivity index (χ1n) is 7.64. The summed E-state index contributed by atoms with van der Waals surface area (Å²) in [4.78, 5) is 13.4. The number of halogens is 2. The Kier molecular flexibility index (Phi) is 8.39. The van der Waals surface area contributed by atoms with Gasteiger partial charge in [0.1, 0.15) is 12.4 Å². The molecule has 0 unspecified atom stereocenters. The van der Waals surface area contributed by atoms with Crippen LogP contribution >= 0.6 is 57.4 Å². The van der Waals surface area contributed by atoms with Gasteiger partial charge in [0.25, 0.3) is 0 Å². The summed E-state index contributed by atoms with van der Waals surface area (Å²) in [5.74, 6) is 1.29. The normalized spacial score (nSPS) is 12.0. The first kappa shape index (κ1) is 20.1. The van der Waals surface area contributed by atoms with E-state index in [1.54, 1.807) is 20.3 Å². The van der Waals surface area contributed by atoms with E-state index in [0.29, 0.717) is 23.2 Å². The number of hydrogen-bond donors (Lipinski definition) is 0. The van der Waals surface area contributed by atoms with Gasteiger partial charge in [-0.05, 0) is 66.3 Å². The smallest absolute Gasteiger partial charge is 0.339 e. The van der Waals surface area contributed by atoms with Gasteiger partial charge in [0, 0.05) is 27.1 Å². The van der Waals surface area contributed by atoms with Gasteiger partial charge in [0.15, 0.2) is 0 Å². The molecule has 7 heteroatoms. The topological polar surface area (TPSA) is 35.5 Å². The second-order valence-corrected chi connectivity index (χ2v) is 8.92. The lowest BCUT2D eigenvalue weighted by atomic mass is 10.1. The number of carbonyl (C=O) groups is 1. The van der Waals surface area contributed by atoms with Gasteiger partial charge in [-0.3, -0.25) is 0 Å². The van der Waals surface area contributed by atoms with Crippen molar-refractivity contribution in [2.24, 2.45) is 0 Å². The number of rotatable bonds is 4. The first-order valence-corrected chi connectivity index (χ1v) is 12.8. The summed E-state index contributed by atoms with van der Waals surface area (Å²) in [5, 5.41) is 2.08. The van der Waals surface area contributed by atoms with Crippen LogP contribution in [-0.2, 0) is 11.2 Å². The first-order chi connectivity index (χ1) is 11.7. The Morgan fingerprint density at radius 2 is 2.25 bits per heavy atom. The van der Waals surface area contributed by atoms with Crippen molar-refractivity contribution in [1.29, 1.82) is 0 Å². The maximum Gasteiger partial charge on any atom is 0.339 e. The molecule has 0 N–H and O–H groups in total. The standard InChI is InChI=1S/C15H12BrIO3S2.C2H6/c16-12-8-13-11(7-10(12)15(18)20-4-6-22-17)14-9(1-3-19-13)2-5-21-14;1-2/h2,5,7-8H,1,3-4,6H2;1-2H3. The molecular formula is C17H18BrIO3S2. The number of hydrogen-bond acceptors (Lipinski definition) is 5. The zero-order chi connectivity index (χ0) is 17.5. The summed E-state index contributed by atoms with van der Waals surface area (Å²) in [6, 6.07) is 5.86. The van der Waals surface area contributed by atoms with Gasteiger partial charge in [-0.1, -0.05) is 22.8 Å². The number of carbonyl (C=O) groups excluding carboxylic acids is 1. The molecule has 2 aromatic rings. The second kappa shape index (κ2) is 10.0. The highest BCUT2D eigenvalue weighted by Crippen LogP contribution is 2.41. The maximum absolute atomic E-state index is 12.3. The fourth-order valence-corrected chi connectivity index (χ4v) is 4.44. The summed E-state index contributed by atoms with van der Waals surface area (Å²) >= 11 is 7.32. The van der Waals surface area contributed by atoms with Crippen LogP contribution in [0, 0.1) is 0 Å². The molecule has 24 heavy (non-hydrogen) atoms. The van der Waals surface area contributed by atoms with Crippen molar-refractivity contribution in [3.05, 3.63) is 39.2 Å².